The quantitative estimate of drug-likeness (QED) is 0.472. The largest absolute Gasteiger partial charge is 0.454 e. The molecule has 0 radical (unpaired) electrons. The van der Waals surface area contributed by atoms with Crippen molar-refractivity contribution in [2.45, 2.75) is 6.18 Å². The fourth-order valence-corrected chi connectivity index (χ4v) is 1.87. The predicted octanol–water partition coefficient (Wildman–Crippen LogP) is 4.50. The van der Waals surface area contributed by atoms with Gasteiger partial charge in [-0.2, -0.15) is 13.2 Å². The smallest absolute Gasteiger partial charge is 0.416 e. The molecule has 3 nitrogen and oxygen atoms in total. The molecule has 0 aliphatic carbocycles. The number of aliphatic imine (C=N–C) groups is 1. The van der Waals surface area contributed by atoms with Gasteiger partial charge in [0.2, 0.25) is 0 Å². The maximum Gasteiger partial charge on any atom is 0.416 e. The Balaban J connectivity index is 2.42. The van der Waals surface area contributed by atoms with Crippen molar-refractivity contribution in [2.24, 2.45) is 4.99 Å². The number of hydrogen-bond acceptors (Lipinski definition) is 3. The molecule has 0 fully saturated rings. The number of nitrogens with zero attached hydrogens (tertiary/aromatic N) is 1. The molecule has 0 aliphatic heterocycles. The highest BCUT2D eigenvalue weighted by Gasteiger charge is 2.31. The van der Waals surface area contributed by atoms with Crippen LogP contribution in [0.4, 0.5) is 17.6 Å². The van der Waals surface area contributed by atoms with E-state index in [9.17, 15) is 22.4 Å². The lowest BCUT2D eigenvalue weighted by molar-refractivity contribution is -0.137. The van der Waals surface area contributed by atoms with Crippen LogP contribution in [0.5, 0.6) is 11.5 Å². The van der Waals surface area contributed by atoms with E-state index in [1.54, 1.807) is 0 Å². The van der Waals surface area contributed by atoms with E-state index in [-0.39, 0.29) is 22.6 Å². The Labute approximate surface area is 129 Å². The van der Waals surface area contributed by atoms with Crippen molar-refractivity contribution in [3.63, 3.8) is 0 Å². The molecule has 0 N–H and O–H groups in total. The third kappa shape index (κ3) is 4.15. The monoisotopic (exact) mass is 325 g/mol. The fourth-order valence-electron chi connectivity index (χ4n) is 1.87. The van der Waals surface area contributed by atoms with Gasteiger partial charge in [-0.15, -0.1) is 0 Å². The molecule has 2 aromatic carbocycles. The van der Waals surface area contributed by atoms with Crippen molar-refractivity contribution >= 4 is 12.5 Å². The molecular formula is C16H11F4NO2. The highest BCUT2D eigenvalue weighted by Crippen LogP contribution is 2.34. The lowest BCUT2D eigenvalue weighted by Gasteiger charge is -2.12. The predicted molar refractivity (Wildman–Crippen MR) is 76.8 cm³/mol. The zero-order valence-corrected chi connectivity index (χ0v) is 11.9. The number of carbonyl (C=O) groups is 1. The average Bonchev–Trinajstić information content (AvgIpc) is 2.48. The third-order valence-electron chi connectivity index (χ3n) is 2.85. The summed E-state index contributed by atoms with van der Waals surface area (Å²) in [4.78, 5) is 14.2. The Hall–Kier alpha value is -2.70. The molecule has 7 heteroatoms. The van der Waals surface area contributed by atoms with Crippen molar-refractivity contribution < 1.29 is 27.1 Å². The molecule has 0 amide bonds. The molecule has 0 aliphatic rings. The molecule has 120 valence electrons. The van der Waals surface area contributed by atoms with Crippen LogP contribution in [-0.2, 0) is 6.18 Å². The van der Waals surface area contributed by atoms with E-state index < -0.39 is 17.6 Å². The van der Waals surface area contributed by atoms with E-state index in [1.807, 2.05) is 0 Å². The minimum atomic E-state index is -4.57. The number of rotatable bonds is 4. The standard InChI is InChI=1S/C16H11F4NO2/c1-21-8-11-4-12(16(18,19)20)7-13(5-11)23-15-3-2-10(9-22)6-14(15)17/h2-9H,1H3/b21-8+. The highest BCUT2D eigenvalue weighted by molar-refractivity contribution is 5.80. The Bertz CT molecular complexity index is 754. The number of carbonyl (C=O) groups excluding carboxylic acids is 1. The van der Waals surface area contributed by atoms with Crippen molar-refractivity contribution in [3.8, 4) is 11.5 Å². The van der Waals surface area contributed by atoms with Crippen molar-refractivity contribution in [3.05, 3.63) is 58.9 Å². The van der Waals surface area contributed by atoms with Gasteiger partial charge in [-0.3, -0.25) is 9.79 Å². The molecule has 0 heterocycles. The molecule has 0 atom stereocenters. The van der Waals surface area contributed by atoms with Crippen LogP contribution in [0.2, 0.25) is 0 Å². The van der Waals surface area contributed by atoms with E-state index >= 15 is 0 Å². The summed E-state index contributed by atoms with van der Waals surface area (Å²) in [6, 6.07) is 6.38. The summed E-state index contributed by atoms with van der Waals surface area (Å²) < 4.78 is 57.6. The average molecular weight is 325 g/mol. The number of benzene rings is 2. The van der Waals surface area contributed by atoms with Crippen molar-refractivity contribution in [1.29, 1.82) is 0 Å². The molecule has 0 spiro atoms. The first-order chi connectivity index (χ1) is 10.8. The molecule has 0 saturated carbocycles. The van der Waals surface area contributed by atoms with E-state index in [2.05, 4.69) is 4.99 Å². The van der Waals surface area contributed by atoms with Gasteiger partial charge in [0.25, 0.3) is 0 Å². The van der Waals surface area contributed by atoms with Gasteiger partial charge in [-0.25, -0.2) is 4.39 Å². The minimum Gasteiger partial charge on any atom is -0.454 e. The van der Waals surface area contributed by atoms with Crippen LogP contribution >= 0.6 is 0 Å². The minimum absolute atomic E-state index is 0.0951. The molecule has 0 unspecified atom stereocenters. The number of alkyl halides is 3. The first-order valence-corrected chi connectivity index (χ1v) is 6.40. The van der Waals surface area contributed by atoms with Crippen LogP contribution in [0.15, 0.2) is 41.4 Å². The van der Waals surface area contributed by atoms with Gasteiger partial charge in [0.15, 0.2) is 11.6 Å². The van der Waals surface area contributed by atoms with Gasteiger partial charge in [0.05, 0.1) is 5.56 Å². The summed E-state index contributed by atoms with van der Waals surface area (Å²) in [5.41, 5.74) is -0.672. The summed E-state index contributed by atoms with van der Waals surface area (Å²) in [6.07, 6.45) is -2.89. The van der Waals surface area contributed by atoms with Crippen LogP contribution in [0, 0.1) is 5.82 Å². The summed E-state index contributed by atoms with van der Waals surface area (Å²) in [5, 5.41) is 0. The molecule has 23 heavy (non-hydrogen) atoms. The number of hydrogen-bond donors (Lipinski definition) is 0. The Morgan fingerprint density at radius 3 is 2.39 bits per heavy atom. The lowest BCUT2D eigenvalue weighted by Crippen LogP contribution is -2.06. The van der Waals surface area contributed by atoms with Gasteiger partial charge in [0.1, 0.15) is 12.0 Å². The second-order valence-electron chi connectivity index (χ2n) is 4.59. The normalized spacial score (nSPS) is 11.7. The Kier molecular flexibility index (Phi) is 4.78. The van der Waals surface area contributed by atoms with Crippen LogP contribution in [0.25, 0.3) is 0 Å². The summed E-state index contributed by atoms with van der Waals surface area (Å²) in [5.74, 6) is -1.32. The maximum absolute atomic E-state index is 13.8. The summed E-state index contributed by atoms with van der Waals surface area (Å²) in [7, 11) is 1.42. The van der Waals surface area contributed by atoms with Gasteiger partial charge >= 0.3 is 6.18 Å². The van der Waals surface area contributed by atoms with Gasteiger partial charge in [-0.1, -0.05) is 0 Å². The molecular weight excluding hydrogens is 314 g/mol. The Morgan fingerprint density at radius 2 is 1.83 bits per heavy atom. The maximum atomic E-state index is 13.8. The molecule has 0 saturated heterocycles. The van der Waals surface area contributed by atoms with E-state index in [0.29, 0.717) is 6.29 Å². The Morgan fingerprint density at radius 1 is 1.09 bits per heavy atom. The molecule has 0 aromatic heterocycles. The summed E-state index contributed by atoms with van der Waals surface area (Å²) in [6.45, 7) is 0. The zero-order chi connectivity index (χ0) is 17.0. The van der Waals surface area contributed by atoms with Gasteiger partial charge in [0, 0.05) is 18.8 Å². The molecule has 0 bridgehead atoms. The molecule has 2 aromatic rings. The van der Waals surface area contributed by atoms with Crippen LogP contribution in [-0.4, -0.2) is 19.5 Å². The first-order valence-electron chi connectivity index (χ1n) is 6.40. The van der Waals surface area contributed by atoms with E-state index in [1.165, 1.54) is 31.5 Å². The van der Waals surface area contributed by atoms with Crippen LogP contribution < -0.4 is 4.74 Å². The van der Waals surface area contributed by atoms with Gasteiger partial charge in [-0.05, 0) is 42.0 Å². The lowest BCUT2D eigenvalue weighted by atomic mass is 10.1. The van der Waals surface area contributed by atoms with Gasteiger partial charge < -0.3 is 4.74 Å². The van der Waals surface area contributed by atoms with Crippen LogP contribution in [0.1, 0.15) is 21.5 Å². The number of halogens is 4. The fraction of sp³-hybridized carbons (Fsp3) is 0.125. The number of aldehydes is 1. The SMILES string of the molecule is C/N=C/c1cc(Oc2ccc(C=O)cc2F)cc(C(F)(F)F)c1. The third-order valence-corrected chi connectivity index (χ3v) is 2.85. The zero-order valence-electron chi connectivity index (χ0n) is 11.9. The second kappa shape index (κ2) is 6.60. The molecule has 2 rings (SSSR count). The van der Waals surface area contributed by atoms with Crippen molar-refractivity contribution in [2.75, 3.05) is 7.05 Å². The van der Waals surface area contributed by atoms with E-state index in [0.717, 1.165) is 18.2 Å². The van der Waals surface area contributed by atoms with Crippen molar-refractivity contribution in [1.82, 2.24) is 0 Å². The topological polar surface area (TPSA) is 38.7 Å². The second-order valence-corrected chi connectivity index (χ2v) is 4.59. The first kappa shape index (κ1) is 16.7. The number of ether oxygens (including phenoxy) is 1. The van der Waals surface area contributed by atoms with Crippen LogP contribution in [0.3, 0.4) is 0 Å². The van der Waals surface area contributed by atoms with E-state index in [4.69, 9.17) is 4.74 Å². The summed E-state index contributed by atoms with van der Waals surface area (Å²) >= 11 is 0. The highest BCUT2D eigenvalue weighted by atomic mass is 19.4.